The number of likely N-dealkylation sites (N-methyl/N-ethyl adjacent to an activating group) is 1. The van der Waals surface area contributed by atoms with Crippen molar-refractivity contribution in [2.24, 2.45) is 5.73 Å². The highest BCUT2D eigenvalue weighted by molar-refractivity contribution is 7.07. The Kier molecular flexibility index (Phi) is 3.05. The summed E-state index contributed by atoms with van der Waals surface area (Å²) in [4.78, 5) is 2.10. The van der Waals surface area contributed by atoms with Crippen LogP contribution in [0.25, 0.3) is 0 Å². The van der Waals surface area contributed by atoms with Crippen molar-refractivity contribution in [3.05, 3.63) is 22.4 Å². The molecule has 0 aliphatic rings. The molecule has 0 aliphatic heterocycles. The Labute approximate surface area is 71.6 Å². The molecular formula is C8H14N2S. The van der Waals surface area contributed by atoms with Crippen LogP contribution in [0.1, 0.15) is 11.6 Å². The van der Waals surface area contributed by atoms with Gasteiger partial charge in [0.2, 0.25) is 0 Å². The average molecular weight is 170 g/mol. The molecule has 0 aliphatic carbocycles. The van der Waals surface area contributed by atoms with Crippen molar-refractivity contribution in [2.75, 3.05) is 20.6 Å². The average Bonchev–Trinajstić information content (AvgIpc) is 2.35. The monoisotopic (exact) mass is 170 g/mol. The van der Waals surface area contributed by atoms with Crippen LogP contribution >= 0.6 is 11.3 Å². The SMILES string of the molecule is CN(C)CC(N)c1ccsc1. The maximum absolute atomic E-state index is 5.91. The molecule has 1 atom stereocenters. The highest BCUT2D eigenvalue weighted by atomic mass is 32.1. The predicted octanol–water partition coefficient (Wildman–Crippen LogP) is 1.31. The zero-order valence-electron chi connectivity index (χ0n) is 6.95. The van der Waals surface area contributed by atoms with Gasteiger partial charge in [0, 0.05) is 12.6 Å². The third-order valence-corrected chi connectivity index (χ3v) is 2.23. The van der Waals surface area contributed by atoms with Crippen LogP contribution < -0.4 is 5.73 Å². The van der Waals surface area contributed by atoms with E-state index in [4.69, 9.17) is 5.73 Å². The van der Waals surface area contributed by atoms with Gasteiger partial charge in [0.1, 0.15) is 0 Å². The first kappa shape index (κ1) is 8.71. The molecule has 1 rings (SSSR count). The molecule has 0 radical (unpaired) electrons. The molecule has 0 spiro atoms. The van der Waals surface area contributed by atoms with E-state index in [9.17, 15) is 0 Å². The Balaban J connectivity index is 2.49. The van der Waals surface area contributed by atoms with Crippen LogP contribution in [0.3, 0.4) is 0 Å². The van der Waals surface area contributed by atoms with Crippen molar-refractivity contribution in [2.45, 2.75) is 6.04 Å². The van der Waals surface area contributed by atoms with Gasteiger partial charge >= 0.3 is 0 Å². The molecular weight excluding hydrogens is 156 g/mol. The smallest absolute Gasteiger partial charge is 0.0432 e. The van der Waals surface area contributed by atoms with Gasteiger partial charge in [-0.05, 0) is 36.5 Å². The number of rotatable bonds is 3. The van der Waals surface area contributed by atoms with Gasteiger partial charge in [0.15, 0.2) is 0 Å². The summed E-state index contributed by atoms with van der Waals surface area (Å²) in [5.74, 6) is 0. The maximum Gasteiger partial charge on any atom is 0.0432 e. The van der Waals surface area contributed by atoms with E-state index < -0.39 is 0 Å². The molecule has 2 nitrogen and oxygen atoms in total. The van der Waals surface area contributed by atoms with Crippen molar-refractivity contribution in [3.63, 3.8) is 0 Å². The van der Waals surface area contributed by atoms with E-state index >= 15 is 0 Å². The van der Waals surface area contributed by atoms with Gasteiger partial charge in [-0.1, -0.05) is 0 Å². The van der Waals surface area contributed by atoms with Gasteiger partial charge in [-0.25, -0.2) is 0 Å². The summed E-state index contributed by atoms with van der Waals surface area (Å²) < 4.78 is 0. The molecule has 11 heavy (non-hydrogen) atoms. The first-order valence-corrected chi connectivity index (χ1v) is 4.57. The first-order chi connectivity index (χ1) is 5.20. The van der Waals surface area contributed by atoms with Crippen molar-refractivity contribution < 1.29 is 0 Å². The first-order valence-electron chi connectivity index (χ1n) is 3.62. The van der Waals surface area contributed by atoms with Crippen molar-refractivity contribution in [1.82, 2.24) is 4.90 Å². The summed E-state index contributed by atoms with van der Waals surface area (Å²) in [5, 5.41) is 4.17. The minimum Gasteiger partial charge on any atom is -0.323 e. The Bertz CT molecular complexity index is 194. The van der Waals surface area contributed by atoms with Crippen LogP contribution in [0.5, 0.6) is 0 Å². The van der Waals surface area contributed by atoms with Crippen LogP contribution in [0, 0.1) is 0 Å². The lowest BCUT2D eigenvalue weighted by atomic mass is 10.1. The lowest BCUT2D eigenvalue weighted by Gasteiger charge is -2.15. The quantitative estimate of drug-likeness (QED) is 0.741. The summed E-state index contributed by atoms with van der Waals surface area (Å²) in [6.45, 7) is 0.913. The molecule has 0 amide bonds. The lowest BCUT2D eigenvalue weighted by Crippen LogP contribution is -2.25. The molecule has 1 unspecified atom stereocenters. The van der Waals surface area contributed by atoms with Crippen molar-refractivity contribution >= 4 is 11.3 Å². The van der Waals surface area contributed by atoms with E-state index in [2.05, 4.69) is 21.7 Å². The topological polar surface area (TPSA) is 29.3 Å². The number of hydrogen-bond donors (Lipinski definition) is 1. The normalized spacial score (nSPS) is 13.8. The number of nitrogens with zero attached hydrogens (tertiary/aromatic N) is 1. The fraction of sp³-hybridized carbons (Fsp3) is 0.500. The van der Waals surface area contributed by atoms with Crippen LogP contribution in [0.2, 0.25) is 0 Å². The highest BCUT2D eigenvalue weighted by Crippen LogP contribution is 2.13. The molecule has 0 saturated carbocycles. The van der Waals surface area contributed by atoms with Gasteiger partial charge in [0.25, 0.3) is 0 Å². The van der Waals surface area contributed by atoms with Crippen LogP contribution in [-0.4, -0.2) is 25.5 Å². The standard InChI is InChI=1S/C8H14N2S/c1-10(2)5-8(9)7-3-4-11-6-7/h3-4,6,8H,5,9H2,1-2H3. The second kappa shape index (κ2) is 3.85. The van der Waals surface area contributed by atoms with E-state index in [-0.39, 0.29) is 6.04 Å². The highest BCUT2D eigenvalue weighted by Gasteiger charge is 2.05. The Morgan fingerprint density at radius 2 is 2.36 bits per heavy atom. The van der Waals surface area contributed by atoms with E-state index in [0.717, 1.165) is 6.54 Å². The summed E-state index contributed by atoms with van der Waals surface area (Å²) >= 11 is 1.70. The zero-order valence-corrected chi connectivity index (χ0v) is 7.77. The zero-order chi connectivity index (χ0) is 8.27. The predicted molar refractivity (Wildman–Crippen MR) is 49.8 cm³/mol. The maximum atomic E-state index is 5.91. The van der Waals surface area contributed by atoms with Gasteiger partial charge in [-0.15, -0.1) is 0 Å². The number of hydrogen-bond acceptors (Lipinski definition) is 3. The molecule has 0 saturated heterocycles. The van der Waals surface area contributed by atoms with Crippen LogP contribution in [-0.2, 0) is 0 Å². The molecule has 62 valence electrons. The minimum atomic E-state index is 0.163. The van der Waals surface area contributed by atoms with Gasteiger partial charge in [-0.2, -0.15) is 11.3 Å². The third-order valence-electron chi connectivity index (χ3n) is 1.53. The Hall–Kier alpha value is -0.380. The van der Waals surface area contributed by atoms with E-state index in [1.807, 2.05) is 14.1 Å². The summed E-state index contributed by atoms with van der Waals surface area (Å²) in [6, 6.07) is 2.25. The second-order valence-electron chi connectivity index (χ2n) is 2.93. The molecule has 1 aromatic heterocycles. The van der Waals surface area contributed by atoms with E-state index in [1.165, 1.54) is 5.56 Å². The molecule has 0 bridgehead atoms. The third kappa shape index (κ3) is 2.61. The molecule has 3 heteroatoms. The fourth-order valence-electron chi connectivity index (χ4n) is 0.985. The molecule has 1 aromatic rings. The number of nitrogens with two attached hydrogens (primary N) is 1. The molecule has 0 fully saturated rings. The summed E-state index contributed by atoms with van der Waals surface area (Å²) in [6.07, 6.45) is 0. The van der Waals surface area contributed by atoms with Gasteiger partial charge < -0.3 is 10.6 Å². The van der Waals surface area contributed by atoms with Crippen molar-refractivity contribution in [3.8, 4) is 0 Å². The second-order valence-corrected chi connectivity index (χ2v) is 3.71. The Morgan fingerprint density at radius 3 is 2.82 bits per heavy atom. The molecule has 2 N–H and O–H groups in total. The summed E-state index contributed by atoms with van der Waals surface area (Å²) in [5.41, 5.74) is 7.14. The molecule has 0 aromatic carbocycles. The van der Waals surface area contributed by atoms with Crippen LogP contribution in [0.4, 0.5) is 0 Å². The van der Waals surface area contributed by atoms with Crippen molar-refractivity contribution in [1.29, 1.82) is 0 Å². The Morgan fingerprint density at radius 1 is 1.64 bits per heavy atom. The van der Waals surface area contributed by atoms with E-state index in [1.54, 1.807) is 11.3 Å². The number of thiophene rings is 1. The van der Waals surface area contributed by atoms with Crippen LogP contribution in [0.15, 0.2) is 16.8 Å². The van der Waals surface area contributed by atoms with Gasteiger partial charge in [0.05, 0.1) is 0 Å². The minimum absolute atomic E-state index is 0.163. The lowest BCUT2D eigenvalue weighted by molar-refractivity contribution is 0.377. The summed E-state index contributed by atoms with van der Waals surface area (Å²) in [7, 11) is 4.07. The molecule has 1 heterocycles. The van der Waals surface area contributed by atoms with Gasteiger partial charge in [-0.3, -0.25) is 0 Å². The largest absolute Gasteiger partial charge is 0.323 e. The van der Waals surface area contributed by atoms with E-state index in [0.29, 0.717) is 0 Å². The fourth-order valence-corrected chi connectivity index (χ4v) is 1.71.